The zero-order chi connectivity index (χ0) is 14.5. The normalized spacial score (nSPS) is 27.9. The van der Waals surface area contributed by atoms with E-state index in [-0.39, 0.29) is 11.9 Å². The number of carbonyl (C=O) groups excluding carboxylic acids is 1. The predicted molar refractivity (Wildman–Crippen MR) is 80.8 cm³/mol. The number of amides is 1. The van der Waals surface area contributed by atoms with E-state index in [9.17, 15) is 4.79 Å². The van der Waals surface area contributed by atoms with E-state index in [1.165, 1.54) is 19.3 Å². The average Bonchev–Trinajstić information content (AvgIpc) is 2.96. The number of fused-ring (bicyclic) bond motifs is 1. The van der Waals surface area contributed by atoms with Crippen molar-refractivity contribution in [1.29, 1.82) is 0 Å². The molecule has 0 aromatic heterocycles. The van der Waals surface area contributed by atoms with Gasteiger partial charge < -0.3 is 10.1 Å². The van der Waals surface area contributed by atoms with Crippen LogP contribution in [0.15, 0.2) is 30.3 Å². The van der Waals surface area contributed by atoms with E-state index in [1.807, 2.05) is 30.3 Å². The van der Waals surface area contributed by atoms with Crippen molar-refractivity contribution in [2.24, 2.45) is 5.92 Å². The Morgan fingerprint density at radius 3 is 2.86 bits per heavy atom. The third-order valence-corrected chi connectivity index (χ3v) is 4.37. The van der Waals surface area contributed by atoms with Gasteiger partial charge in [-0.15, -0.1) is 0 Å². The summed E-state index contributed by atoms with van der Waals surface area (Å²) in [5, 5.41) is 2.96. The summed E-state index contributed by atoms with van der Waals surface area (Å²) >= 11 is 0. The van der Waals surface area contributed by atoms with Crippen molar-refractivity contribution in [3.8, 4) is 5.75 Å². The zero-order valence-corrected chi connectivity index (χ0v) is 12.2. The van der Waals surface area contributed by atoms with Crippen LogP contribution >= 0.6 is 0 Å². The van der Waals surface area contributed by atoms with Gasteiger partial charge in [-0.1, -0.05) is 31.0 Å². The largest absolute Gasteiger partial charge is 0.492 e. The third-order valence-electron chi connectivity index (χ3n) is 4.37. The molecule has 3 rings (SSSR count). The lowest BCUT2D eigenvalue weighted by Crippen LogP contribution is -2.46. The molecular formula is C16H23N3O2. The number of nitrogens with one attached hydrogen (secondary N) is 3. The van der Waals surface area contributed by atoms with Gasteiger partial charge in [0.15, 0.2) is 0 Å². The summed E-state index contributed by atoms with van der Waals surface area (Å²) in [6.45, 7) is 1.02. The molecule has 1 aliphatic carbocycles. The molecule has 3 unspecified atom stereocenters. The molecule has 1 saturated carbocycles. The molecule has 1 aromatic rings. The molecule has 1 amide bonds. The lowest BCUT2D eigenvalue weighted by Gasteiger charge is -2.26. The smallest absolute Gasteiger partial charge is 0.238 e. The highest BCUT2D eigenvalue weighted by Gasteiger charge is 2.40. The van der Waals surface area contributed by atoms with Gasteiger partial charge in [0, 0.05) is 12.0 Å². The molecule has 1 heterocycles. The lowest BCUT2D eigenvalue weighted by atomic mass is 9.81. The van der Waals surface area contributed by atoms with Crippen molar-refractivity contribution in [3.63, 3.8) is 0 Å². The number of hydrazine groups is 1. The van der Waals surface area contributed by atoms with E-state index in [2.05, 4.69) is 16.2 Å². The molecule has 5 heteroatoms. The minimum atomic E-state index is -0.105. The van der Waals surface area contributed by atoms with Crippen LogP contribution in [-0.2, 0) is 4.79 Å². The Hall–Kier alpha value is -1.59. The summed E-state index contributed by atoms with van der Waals surface area (Å²) in [6, 6.07) is 10.0. The van der Waals surface area contributed by atoms with Crippen molar-refractivity contribution in [3.05, 3.63) is 30.3 Å². The molecule has 1 aliphatic heterocycles. The topological polar surface area (TPSA) is 62.4 Å². The molecule has 2 aliphatic rings. The fourth-order valence-corrected chi connectivity index (χ4v) is 3.27. The standard InChI is InChI=1S/C16H23N3O2/c20-16(15-13-8-4-5-9-14(13)18-19-15)17-10-11-21-12-6-2-1-3-7-12/h1-3,6-7,13-15,18-19H,4-5,8-11H2,(H,17,20). The van der Waals surface area contributed by atoms with E-state index < -0.39 is 0 Å². The maximum absolute atomic E-state index is 12.2. The Morgan fingerprint density at radius 1 is 1.19 bits per heavy atom. The van der Waals surface area contributed by atoms with Crippen molar-refractivity contribution < 1.29 is 9.53 Å². The fourth-order valence-electron chi connectivity index (χ4n) is 3.27. The number of para-hydroxylation sites is 1. The van der Waals surface area contributed by atoms with Crippen LogP contribution in [0.3, 0.4) is 0 Å². The Kier molecular flexibility index (Phi) is 4.72. The molecular weight excluding hydrogens is 266 g/mol. The number of rotatable bonds is 5. The molecule has 114 valence electrons. The van der Waals surface area contributed by atoms with Crippen LogP contribution < -0.4 is 20.9 Å². The Balaban J connectivity index is 1.40. The van der Waals surface area contributed by atoms with E-state index in [0.29, 0.717) is 25.1 Å². The Labute approximate surface area is 125 Å². The van der Waals surface area contributed by atoms with Gasteiger partial charge in [-0.3, -0.25) is 10.2 Å². The van der Waals surface area contributed by atoms with Crippen molar-refractivity contribution in [1.82, 2.24) is 16.2 Å². The first-order valence-corrected chi connectivity index (χ1v) is 7.81. The zero-order valence-electron chi connectivity index (χ0n) is 12.2. The highest BCUT2D eigenvalue weighted by atomic mass is 16.5. The van der Waals surface area contributed by atoms with E-state index in [1.54, 1.807) is 0 Å². The van der Waals surface area contributed by atoms with Gasteiger partial charge in [-0.2, -0.15) is 0 Å². The minimum Gasteiger partial charge on any atom is -0.492 e. The third kappa shape index (κ3) is 3.54. The minimum absolute atomic E-state index is 0.0774. The van der Waals surface area contributed by atoms with Crippen LogP contribution in [-0.4, -0.2) is 31.1 Å². The molecule has 2 fully saturated rings. The molecule has 21 heavy (non-hydrogen) atoms. The SMILES string of the molecule is O=C(NCCOc1ccccc1)C1NNC2CCCCC21. The quantitative estimate of drug-likeness (QED) is 0.713. The van der Waals surface area contributed by atoms with Crippen LogP contribution in [0.2, 0.25) is 0 Å². The molecule has 5 nitrogen and oxygen atoms in total. The van der Waals surface area contributed by atoms with Gasteiger partial charge in [-0.05, 0) is 25.0 Å². The number of carbonyl (C=O) groups is 1. The highest BCUT2D eigenvalue weighted by Crippen LogP contribution is 2.29. The van der Waals surface area contributed by atoms with Crippen LogP contribution in [0.4, 0.5) is 0 Å². The Morgan fingerprint density at radius 2 is 2.00 bits per heavy atom. The predicted octanol–water partition coefficient (Wildman–Crippen LogP) is 1.22. The first kappa shape index (κ1) is 14.4. The van der Waals surface area contributed by atoms with Gasteiger partial charge in [0.1, 0.15) is 18.4 Å². The van der Waals surface area contributed by atoms with E-state index in [0.717, 1.165) is 12.2 Å². The highest BCUT2D eigenvalue weighted by molar-refractivity contribution is 5.82. The summed E-state index contributed by atoms with van der Waals surface area (Å²) < 4.78 is 5.57. The molecule has 1 aromatic carbocycles. The average molecular weight is 289 g/mol. The van der Waals surface area contributed by atoms with Crippen molar-refractivity contribution >= 4 is 5.91 Å². The van der Waals surface area contributed by atoms with Gasteiger partial charge in [0.2, 0.25) is 5.91 Å². The van der Waals surface area contributed by atoms with Crippen LogP contribution in [0, 0.1) is 5.92 Å². The van der Waals surface area contributed by atoms with E-state index in [4.69, 9.17) is 4.74 Å². The monoisotopic (exact) mass is 289 g/mol. The summed E-state index contributed by atoms with van der Waals surface area (Å²) in [5.74, 6) is 1.34. The summed E-state index contributed by atoms with van der Waals surface area (Å²) in [6.07, 6.45) is 4.78. The fraction of sp³-hybridized carbons (Fsp3) is 0.562. The molecule has 0 radical (unpaired) electrons. The first-order chi connectivity index (χ1) is 10.3. The molecule has 1 saturated heterocycles. The molecule has 3 atom stereocenters. The Bertz CT molecular complexity index is 466. The molecule has 3 N–H and O–H groups in total. The second-order valence-electron chi connectivity index (χ2n) is 5.77. The number of benzene rings is 1. The van der Waals surface area contributed by atoms with Gasteiger partial charge >= 0.3 is 0 Å². The second-order valence-corrected chi connectivity index (χ2v) is 5.77. The van der Waals surface area contributed by atoms with Gasteiger partial charge in [-0.25, -0.2) is 5.43 Å². The van der Waals surface area contributed by atoms with E-state index >= 15 is 0 Å². The second kappa shape index (κ2) is 6.91. The lowest BCUT2D eigenvalue weighted by molar-refractivity contribution is -0.124. The van der Waals surface area contributed by atoms with Crippen molar-refractivity contribution in [2.75, 3.05) is 13.2 Å². The number of hydrogen-bond donors (Lipinski definition) is 3. The van der Waals surface area contributed by atoms with Gasteiger partial charge in [0.05, 0.1) is 6.54 Å². The molecule has 0 spiro atoms. The van der Waals surface area contributed by atoms with Crippen LogP contribution in [0.25, 0.3) is 0 Å². The number of ether oxygens (including phenoxy) is 1. The summed E-state index contributed by atoms with van der Waals surface area (Å²) in [5.41, 5.74) is 6.42. The maximum atomic E-state index is 12.2. The number of hydrogen-bond acceptors (Lipinski definition) is 4. The summed E-state index contributed by atoms with van der Waals surface area (Å²) in [7, 11) is 0. The maximum Gasteiger partial charge on any atom is 0.238 e. The summed E-state index contributed by atoms with van der Waals surface area (Å²) in [4.78, 5) is 12.2. The molecule has 0 bridgehead atoms. The van der Waals surface area contributed by atoms with Crippen molar-refractivity contribution in [2.45, 2.75) is 37.8 Å². The van der Waals surface area contributed by atoms with Crippen LogP contribution in [0.1, 0.15) is 25.7 Å². The van der Waals surface area contributed by atoms with Crippen LogP contribution in [0.5, 0.6) is 5.75 Å². The van der Waals surface area contributed by atoms with Gasteiger partial charge in [0.25, 0.3) is 0 Å². The first-order valence-electron chi connectivity index (χ1n) is 7.81.